The summed E-state index contributed by atoms with van der Waals surface area (Å²) in [6.07, 6.45) is 2.21. The first kappa shape index (κ1) is 15.5. The number of carbonyl (C=O) groups is 1. The Morgan fingerprint density at radius 2 is 2.30 bits per heavy atom. The molecular formula is C16H17FN2O4. The molecule has 0 aliphatic carbocycles. The summed E-state index contributed by atoms with van der Waals surface area (Å²) in [7, 11) is 0. The number of carbonyl (C=O) groups excluding carboxylic acids is 1. The number of benzene rings is 1. The van der Waals surface area contributed by atoms with E-state index >= 15 is 0 Å². The average Bonchev–Trinajstić information content (AvgIpc) is 3.02. The zero-order chi connectivity index (χ0) is 16.2. The molecule has 1 aliphatic rings. The number of β-amino-alcohol motifs (C(OH)–C–C–N with tert-alkyl or cyclic N) is 1. The van der Waals surface area contributed by atoms with Crippen molar-refractivity contribution in [1.82, 2.24) is 9.88 Å². The van der Waals surface area contributed by atoms with Crippen LogP contribution in [0.3, 0.4) is 0 Å². The Kier molecular flexibility index (Phi) is 4.57. The summed E-state index contributed by atoms with van der Waals surface area (Å²) in [4.78, 5) is 17.9. The van der Waals surface area contributed by atoms with Gasteiger partial charge >= 0.3 is 0 Å². The van der Waals surface area contributed by atoms with E-state index in [-0.39, 0.29) is 29.8 Å². The van der Waals surface area contributed by atoms with Crippen molar-refractivity contribution in [2.45, 2.75) is 25.6 Å². The molecule has 2 heterocycles. The molecule has 1 amide bonds. The highest BCUT2D eigenvalue weighted by Gasteiger charge is 2.25. The molecule has 1 aromatic heterocycles. The van der Waals surface area contributed by atoms with Crippen LogP contribution in [0.5, 0.6) is 5.75 Å². The van der Waals surface area contributed by atoms with Gasteiger partial charge in [-0.1, -0.05) is 12.1 Å². The Labute approximate surface area is 132 Å². The van der Waals surface area contributed by atoms with Crippen molar-refractivity contribution >= 4 is 5.91 Å². The summed E-state index contributed by atoms with van der Waals surface area (Å²) in [6.45, 7) is 0.813. The van der Waals surface area contributed by atoms with Crippen LogP contribution in [-0.2, 0) is 6.61 Å². The summed E-state index contributed by atoms with van der Waals surface area (Å²) >= 11 is 0. The number of hydrogen-bond acceptors (Lipinski definition) is 5. The summed E-state index contributed by atoms with van der Waals surface area (Å²) in [6, 6.07) is 6.02. The Bertz CT molecular complexity index is 688. The predicted molar refractivity (Wildman–Crippen MR) is 78.4 cm³/mol. The fourth-order valence-electron chi connectivity index (χ4n) is 2.48. The van der Waals surface area contributed by atoms with Gasteiger partial charge < -0.3 is 19.2 Å². The van der Waals surface area contributed by atoms with Crippen LogP contribution in [0.1, 0.15) is 29.2 Å². The van der Waals surface area contributed by atoms with E-state index < -0.39 is 11.9 Å². The second-order valence-electron chi connectivity index (χ2n) is 5.39. The lowest BCUT2D eigenvalue weighted by molar-refractivity contribution is 0.0469. The van der Waals surface area contributed by atoms with Crippen molar-refractivity contribution in [2.75, 3.05) is 13.1 Å². The van der Waals surface area contributed by atoms with E-state index in [0.717, 1.165) is 6.42 Å². The van der Waals surface area contributed by atoms with Crippen LogP contribution in [0.25, 0.3) is 0 Å². The third kappa shape index (κ3) is 3.68. The van der Waals surface area contributed by atoms with E-state index in [4.69, 9.17) is 9.15 Å². The van der Waals surface area contributed by atoms with Crippen molar-refractivity contribution in [2.24, 2.45) is 0 Å². The van der Waals surface area contributed by atoms with Crippen molar-refractivity contribution in [3.05, 3.63) is 47.9 Å². The van der Waals surface area contributed by atoms with Gasteiger partial charge in [0, 0.05) is 13.1 Å². The predicted octanol–water partition coefficient (Wildman–Crippen LogP) is 1.99. The van der Waals surface area contributed by atoms with Crippen LogP contribution >= 0.6 is 0 Å². The SMILES string of the molecule is O=C(c1coc(COc2ccccc2F)n1)N1CCCC(O)C1. The lowest BCUT2D eigenvalue weighted by Crippen LogP contribution is -2.42. The van der Waals surface area contributed by atoms with Gasteiger partial charge in [0.15, 0.2) is 23.9 Å². The second kappa shape index (κ2) is 6.78. The Balaban J connectivity index is 1.61. The standard InChI is InChI=1S/C16H17FN2O4/c17-12-5-1-2-6-14(12)22-10-15-18-13(9-23-15)16(21)19-7-3-4-11(20)8-19/h1-2,5-6,9,11,20H,3-4,7-8,10H2. The highest BCUT2D eigenvalue weighted by molar-refractivity contribution is 5.92. The van der Waals surface area contributed by atoms with Crippen LogP contribution in [0.15, 0.2) is 34.9 Å². The lowest BCUT2D eigenvalue weighted by atomic mass is 10.1. The number of likely N-dealkylation sites (tertiary alicyclic amines) is 1. The zero-order valence-corrected chi connectivity index (χ0v) is 12.4. The van der Waals surface area contributed by atoms with Gasteiger partial charge in [0.1, 0.15) is 6.26 Å². The lowest BCUT2D eigenvalue weighted by Gasteiger charge is -2.29. The molecule has 1 saturated heterocycles. The first-order valence-electron chi connectivity index (χ1n) is 7.42. The number of aliphatic hydroxyl groups is 1. The number of aromatic nitrogens is 1. The molecule has 0 saturated carbocycles. The molecule has 1 atom stereocenters. The summed E-state index contributed by atoms with van der Waals surface area (Å²) in [5.41, 5.74) is 0.159. The first-order chi connectivity index (χ1) is 11.1. The number of rotatable bonds is 4. The molecule has 7 heteroatoms. The van der Waals surface area contributed by atoms with Gasteiger partial charge in [-0.25, -0.2) is 9.37 Å². The third-order valence-electron chi connectivity index (χ3n) is 3.64. The summed E-state index contributed by atoms with van der Waals surface area (Å²) < 4.78 is 23.9. The maximum Gasteiger partial charge on any atom is 0.275 e. The van der Waals surface area contributed by atoms with Gasteiger partial charge in [-0.05, 0) is 25.0 Å². The van der Waals surface area contributed by atoms with Crippen LogP contribution in [0.4, 0.5) is 4.39 Å². The quantitative estimate of drug-likeness (QED) is 0.932. The third-order valence-corrected chi connectivity index (χ3v) is 3.64. The molecule has 0 bridgehead atoms. The number of ether oxygens (including phenoxy) is 1. The van der Waals surface area contributed by atoms with E-state index in [0.29, 0.717) is 19.5 Å². The number of piperidine rings is 1. The fraction of sp³-hybridized carbons (Fsp3) is 0.375. The molecular weight excluding hydrogens is 303 g/mol. The maximum absolute atomic E-state index is 13.4. The molecule has 0 spiro atoms. The van der Waals surface area contributed by atoms with Crippen LogP contribution in [0.2, 0.25) is 0 Å². The van der Waals surface area contributed by atoms with Gasteiger partial charge in [-0.2, -0.15) is 0 Å². The molecule has 23 heavy (non-hydrogen) atoms. The maximum atomic E-state index is 13.4. The van der Waals surface area contributed by atoms with Crippen molar-refractivity contribution < 1.29 is 23.4 Å². The summed E-state index contributed by atoms with van der Waals surface area (Å²) in [5, 5.41) is 9.62. The summed E-state index contributed by atoms with van der Waals surface area (Å²) in [5.74, 6) is -0.478. The van der Waals surface area contributed by atoms with E-state index in [9.17, 15) is 14.3 Å². The molecule has 1 N–H and O–H groups in total. The number of para-hydroxylation sites is 1. The van der Waals surface area contributed by atoms with E-state index in [1.807, 2.05) is 0 Å². The van der Waals surface area contributed by atoms with Crippen LogP contribution in [0, 0.1) is 5.82 Å². The number of nitrogens with zero attached hydrogens (tertiary/aromatic N) is 2. The fourth-order valence-corrected chi connectivity index (χ4v) is 2.48. The van der Waals surface area contributed by atoms with Crippen molar-refractivity contribution in [1.29, 1.82) is 0 Å². The smallest absolute Gasteiger partial charge is 0.275 e. The van der Waals surface area contributed by atoms with Gasteiger partial charge in [0.05, 0.1) is 6.10 Å². The van der Waals surface area contributed by atoms with E-state index in [1.54, 1.807) is 17.0 Å². The Hall–Kier alpha value is -2.41. The number of aliphatic hydroxyl groups excluding tert-OH is 1. The second-order valence-corrected chi connectivity index (χ2v) is 5.39. The average molecular weight is 320 g/mol. The monoisotopic (exact) mass is 320 g/mol. The largest absolute Gasteiger partial charge is 0.481 e. The minimum atomic E-state index is -0.497. The molecule has 1 fully saturated rings. The molecule has 6 nitrogen and oxygen atoms in total. The first-order valence-corrected chi connectivity index (χ1v) is 7.42. The van der Waals surface area contributed by atoms with E-state index in [2.05, 4.69) is 4.98 Å². The van der Waals surface area contributed by atoms with E-state index in [1.165, 1.54) is 18.4 Å². The number of halogens is 1. The minimum absolute atomic E-state index is 0.0726. The molecule has 1 aromatic carbocycles. The molecule has 0 radical (unpaired) electrons. The molecule has 1 unspecified atom stereocenters. The van der Waals surface area contributed by atoms with Gasteiger partial charge in [0.25, 0.3) is 5.91 Å². The topological polar surface area (TPSA) is 75.8 Å². The van der Waals surface area contributed by atoms with Crippen LogP contribution < -0.4 is 4.74 Å². The van der Waals surface area contributed by atoms with Crippen molar-refractivity contribution in [3.8, 4) is 5.75 Å². The molecule has 1 aliphatic heterocycles. The zero-order valence-electron chi connectivity index (χ0n) is 12.4. The molecule has 122 valence electrons. The Morgan fingerprint density at radius 3 is 3.09 bits per heavy atom. The highest BCUT2D eigenvalue weighted by atomic mass is 19.1. The normalized spacial score (nSPS) is 18.0. The Morgan fingerprint density at radius 1 is 1.48 bits per heavy atom. The van der Waals surface area contributed by atoms with Gasteiger partial charge in [-0.3, -0.25) is 4.79 Å². The minimum Gasteiger partial charge on any atom is -0.481 e. The van der Waals surface area contributed by atoms with Gasteiger partial charge in [0.2, 0.25) is 5.89 Å². The highest BCUT2D eigenvalue weighted by Crippen LogP contribution is 2.18. The molecule has 2 aromatic rings. The number of amides is 1. The number of hydrogen-bond donors (Lipinski definition) is 1. The van der Waals surface area contributed by atoms with Gasteiger partial charge in [-0.15, -0.1) is 0 Å². The van der Waals surface area contributed by atoms with Crippen molar-refractivity contribution in [3.63, 3.8) is 0 Å². The number of oxazole rings is 1. The van der Waals surface area contributed by atoms with Crippen LogP contribution in [-0.4, -0.2) is 40.1 Å². The molecule has 3 rings (SSSR count).